The van der Waals surface area contributed by atoms with Crippen LogP contribution in [0.4, 0.5) is 16.0 Å². The maximum Gasteiger partial charge on any atom is 0.263 e. The van der Waals surface area contributed by atoms with E-state index in [0.29, 0.717) is 11.3 Å². The monoisotopic (exact) mass is 379 g/mol. The van der Waals surface area contributed by atoms with Crippen LogP contribution in [0, 0.1) is 12.9 Å². The van der Waals surface area contributed by atoms with E-state index < -0.39 is 5.95 Å². The van der Waals surface area contributed by atoms with E-state index in [-0.39, 0.29) is 18.3 Å². The van der Waals surface area contributed by atoms with E-state index in [1.807, 2.05) is 19.1 Å². The van der Waals surface area contributed by atoms with Gasteiger partial charge < -0.3 is 4.90 Å². The zero-order chi connectivity index (χ0) is 19.3. The minimum Gasteiger partial charge on any atom is -0.357 e. The van der Waals surface area contributed by atoms with E-state index in [2.05, 4.69) is 25.0 Å². The second-order valence-corrected chi connectivity index (χ2v) is 6.98. The van der Waals surface area contributed by atoms with E-state index in [0.717, 1.165) is 36.5 Å². The molecular formula is C19H18FN7O. The van der Waals surface area contributed by atoms with Gasteiger partial charge in [-0.15, -0.1) is 0 Å². The molecular weight excluding hydrogens is 361 g/mol. The van der Waals surface area contributed by atoms with Crippen LogP contribution in [-0.4, -0.2) is 43.7 Å². The van der Waals surface area contributed by atoms with Gasteiger partial charge in [0.15, 0.2) is 5.82 Å². The lowest BCUT2D eigenvalue weighted by atomic mass is 10.2. The van der Waals surface area contributed by atoms with Crippen molar-refractivity contribution in [2.75, 3.05) is 22.9 Å². The Hall–Kier alpha value is -3.36. The molecule has 3 aromatic heterocycles. The first kappa shape index (κ1) is 16.8. The van der Waals surface area contributed by atoms with Gasteiger partial charge in [-0.2, -0.15) is 14.5 Å². The smallest absolute Gasteiger partial charge is 0.263 e. The van der Waals surface area contributed by atoms with Crippen LogP contribution in [0.25, 0.3) is 5.69 Å². The van der Waals surface area contributed by atoms with E-state index in [4.69, 9.17) is 0 Å². The van der Waals surface area contributed by atoms with Gasteiger partial charge in [-0.25, -0.2) is 9.67 Å². The fourth-order valence-corrected chi connectivity index (χ4v) is 3.84. The number of nitrogens with zero attached hydrogens (tertiary/aromatic N) is 7. The Morgan fingerprint density at radius 1 is 1.07 bits per heavy atom. The molecule has 0 spiro atoms. The third-order valence-electron chi connectivity index (χ3n) is 5.23. The molecule has 9 heteroatoms. The van der Waals surface area contributed by atoms with Crippen molar-refractivity contribution in [3.8, 4) is 5.69 Å². The molecule has 28 heavy (non-hydrogen) atoms. The maximum absolute atomic E-state index is 13.4. The third-order valence-corrected chi connectivity index (χ3v) is 5.23. The van der Waals surface area contributed by atoms with E-state index in [1.165, 1.54) is 23.9 Å². The van der Waals surface area contributed by atoms with Gasteiger partial charge in [0.05, 0.1) is 47.8 Å². The maximum atomic E-state index is 13.4. The van der Waals surface area contributed by atoms with Gasteiger partial charge in [-0.05, 0) is 31.9 Å². The van der Waals surface area contributed by atoms with Gasteiger partial charge in [0, 0.05) is 13.1 Å². The van der Waals surface area contributed by atoms with E-state index in [9.17, 15) is 9.18 Å². The van der Waals surface area contributed by atoms with Crippen molar-refractivity contribution in [2.45, 2.75) is 26.3 Å². The molecule has 1 saturated heterocycles. The minimum absolute atomic E-state index is 0.186. The Balaban J connectivity index is 1.44. The number of hydrogen-bond acceptors (Lipinski definition) is 6. The predicted octanol–water partition coefficient (Wildman–Crippen LogP) is 2.27. The Bertz CT molecular complexity index is 1060. The number of hydrogen-bond donors (Lipinski definition) is 0. The molecule has 2 aliphatic rings. The van der Waals surface area contributed by atoms with Gasteiger partial charge >= 0.3 is 0 Å². The molecule has 0 unspecified atom stereocenters. The summed E-state index contributed by atoms with van der Waals surface area (Å²) in [6.07, 6.45) is 6.55. The summed E-state index contributed by atoms with van der Waals surface area (Å²) >= 11 is 0. The fraction of sp³-hybridized carbons (Fsp3) is 0.316. The minimum atomic E-state index is -0.721. The van der Waals surface area contributed by atoms with Gasteiger partial charge in [-0.1, -0.05) is 0 Å². The van der Waals surface area contributed by atoms with Crippen molar-refractivity contribution in [1.29, 1.82) is 0 Å². The number of aromatic nitrogens is 5. The second-order valence-electron chi connectivity index (χ2n) is 6.98. The summed E-state index contributed by atoms with van der Waals surface area (Å²) in [4.78, 5) is 28.6. The lowest BCUT2D eigenvalue weighted by molar-refractivity contribution is 0.0995. The van der Waals surface area contributed by atoms with Crippen molar-refractivity contribution >= 4 is 17.5 Å². The van der Waals surface area contributed by atoms with Crippen LogP contribution >= 0.6 is 0 Å². The van der Waals surface area contributed by atoms with Crippen molar-refractivity contribution in [3.05, 3.63) is 53.6 Å². The molecule has 0 bridgehead atoms. The van der Waals surface area contributed by atoms with Gasteiger partial charge in [0.1, 0.15) is 5.82 Å². The van der Waals surface area contributed by atoms with Gasteiger partial charge in [-0.3, -0.25) is 14.7 Å². The van der Waals surface area contributed by atoms with Crippen molar-refractivity contribution < 1.29 is 9.18 Å². The predicted molar refractivity (Wildman–Crippen MR) is 100 cm³/mol. The molecule has 5 heterocycles. The Morgan fingerprint density at radius 2 is 1.89 bits per heavy atom. The summed E-state index contributed by atoms with van der Waals surface area (Å²) in [5, 5.41) is 4.59. The number of pyridine rings is 1. The number of amides is 1. The summed E-state index contributed by atoms with van der Waals surface area (Å²) in [6, 6.07) is 3.96. The van der Waals surface area contributed by atoms with E-state index >= 15 is 0 Å². The highest BCUT2D eigenvalue weighted by molar-refractivity contribution is 6.10. The summed E-state index contributed by atoms with van der Waals surface area (Å²) < 4.78 is 15.1. The third kappa shape index (κ3) is 2.62. The van der Waals surface area contributed by atoms with Crippen molar-refractivity contribution in [1.82, 2.24) is 24.7 Å². The first-order valence-corrected chi connectivity index (χ1v) is 9.21. The number of fused-ring (bicyclic) bond motifs is 1. The summed E-state index contributed by atoms with van der Waals surface area (Å²) in [5.74, 6) is 0.178. The molecule has 2 aliphatic heterocycles. The largest absolute Gasteiger partial charge is 0.357 e. The molecule has 0 atom stereocenters. The molecule has 1 amide bonds. The zero-order valence-electron chi connectivity index (χ0n) is 15.3. The average Bonchev–Trinajstić information content (AvgIpc) is 3.41. The highest BCUT2D eigenvalue weighted by Crippen LogP contribution is 2.30. The van der Waals surface area contributed by atoms with Crippen LogP contribution in [0.1, 0.15) is 34.6 Å². The molecule has 0 aromatic carbocycles. The highest BCUT2D eigenvalue weighted by atomic mass is 19.1. The Morgan fingerprint density at radius 3 is 2.57 bits per heavy atom. The molecule has 5 rings (SSSR count). The molecule has 3 aromatic rings. The molecule has 142 valence electrons. The molecule has 0 saturated carbocycles. The lowest BCUT2D eigenvalue weighted by Crippen LogP contribution is -2.26. The SMILES string of the molecule is Cc1c2c(nn1-c1ccc(N3CCCC3)nc1)CN(c1cncc(F)n1)C2=O. The van der Waals surface area contributed by atoms with Crippen LogP contribution in [-0.2, 0) is 6.54 Å². The van der Waals surface area contributed by atoms with Gasteiger partial charge in [0.25, 0.3) is 5.91 Å². The zero-order valence-corrected chi connectivity index (χ0v) is 15.3. The summed E-state index contributed by atoms with van der Waals surface area (Å²) in [7, 11) is 0. The summed E-state index contributed by atoms with van der Waals surface area (Å²) in [6.45, 7) is 4.15. The fourth-order valence-electron chi connectivity index (χ4n) is 3.84. The number of carbonyl (C=O) groups is 1. The van der Waals surface area contributed by atoms with Crippen LogP contribution in [0.15, 0.2) is 30.7 Å². The summed E-state index contributed by atoms with van der Waals surface area (Å²) in [5.41, 5.74) is 2.69. The quantitative estimate of drug-likeness (QED) is 0.695. The number of rotatable bonds is 3. The molecule has 0 N–H and O–H groups in total. The molecule has 0 radical (unpaired) electrons. The topological polar surface area (TPSA) is 80.0 Å². The Kier molecular flexibility index (Phi) is 3.81. The Labute approximate surface area is 160 Å². The highest BCUT2D eigenvalue weighted by Gasteiger charge is 2.35. The first-order chi connectivity index (χ1) is 13.6. The van der Waals surface area contributed by atoms with Crippen LogP contribution in [0.2, 0.25) is 0 Å². The van der Waals surface area contributed by atoms with Gasteiger partial charge in [0.2, 0.25) is 5.95 Å². The molecule has 1 fully saturated rings. The molecule has 0 aliphatic carbocycles. The van der Waals surface area contributed by atoms with Crippen LogP contribution < -0.4 is 9.80 Å². The molecule has 8 nitrogen and oxygen atoms in total. The normalized spacial score (nSPS) is 16.1. The number of halogens is 1. The van der Waals surface area contributed by atoms with E-state index in [1.54, 1.807) is 10.9 Å². The van der Waals surface area contributed by atoms with Crippen molar-refractivity contribution in [2.24, 2.45) is 0 Å². The number of anilines is 2. The van der Waals surface area contributed by atoms with Crippen LogP contribution in [0.5, 0.6) is 0 Å². The van der Waals surface area contributed by atoms with Crippen LogP contribution in [0.3, 0.4) is 0 Å². The first-order valence-electron chi connectivity index (χ1n) is 9.21. The average molecular weight is 379 g/mol. The standard InChI is InChI=1S/C19H18FN7O/c1-12-18-14(11-26(19(18)28)17-10-21-9-15(20)23-17)24-27(12)13-4-5-16(22-8-13)25-6-2-3-7-25/h4-5,8-10H,2-3,6-7,11H2,1H3. The number of carbonyl (C=O) groups excluding carboxylic acids is 1. The lowest BCUT2D eigenvalue weighted by Gasteiger charge is -2.17. The second kappa shape index (κ2) is 6.36. The van der Waals surface area contributed by atoms with Crippen molar-refractivity contribution in [3.63, 3.8) is 0 Å².